The molecule has 1 atom stereocenters. The summed E-state index contributed by atoms with van der Waals surface area (Å²) in [6.45, 7) is 3.44. The monoisotopic (exact) mass is 518 g/mol. The molecule has 0 aromatic carbocycles. The number of hydrogen-bond donors (Lipinski definition) is 0. The van der Waals surface area contributed by atoms with E-state index in [9.17, 15) is 28.8 Å². The largest absolute Gasteiger partial charge is 0.466 e. The predicted octanol–water partition coefficient (Wildman–Crippen LogP) is 2.85. The van der Waals surface area contributed by atoms with E-state index in [0.29, 0.717) is 71.2 Å². The van der Waals surface area contributed by atoms with E-state index in [2.05, 4.69) is 0 Å². The second kappa shape index (κ2) is 16.4. The molecule has 0 fully saturated rings. The molecule has 10 heteroatoms. The first-order chi connectivity index (χ1) is 17.8. The number of hydrogen-bond acceptors (Lipinski definition) is 8. The lowest BCUT2D eigenvalue weighted by molar-refractivity contribution is -0.144. The summed E-state index contributed by atoms with van der Waals surface area (Å²) in [4.78, 5) is 72.0. The van der Waals surface area contributed by atoms with Crippen LogP contribution in [0.3, 0.4) is 0 Å². The molecular formula is C27H38N2O8. The van der Waals surface area contributed by atoms with E-state index < -0.39 is 0 Å². The van der Waals surface area contributed by atoms with E-state index in [1.165, 1.54) is 34.1 Å². The average molecular weight is 519 g/mol. The fraction of sp³-hybridized carbons (Fsp3) is 0.630. The van der Waals surface area contributed by atoms with Gasteiger partial charge in [-0.25, -0.2) is 0 Å². The van der Waals surface area contributed by atoms with Gasteiger partial charge < -0.3 is 9.47 Å². The number of imide groups is 2. The molecule has 1 unspecified atom stereocenters. The van der Waals surface area contributed by atoms with Gasteiger partial charge in [0.05, 0.1) is 13.2 Å². The minimum absolute atomic E-state index is 0.234. The Morgan fingerprint density at radius 3 is 1.38 bits per heavy atom. The number of ether oxygens (including phenoxy) is 2. The minimum Gasteiger partial charge on any atom is -0.466 e. The molecule has 0 aromatic rings. The molecule has 0 spiro atoms. The van der Waals surface area contributed by atoms with Crippen molar-refractivity contribution in [3.63, 3.8) is 0 Å². The van der Waals surface area contributed by atoms with Crippen LogP contribution in [0, 0.1) is 5.92 Å². The molecule has 10 nitrogen and oxygen atoms in total. The minimum atomic E-state index is -0.286. The van der Waals surface area contributed by atoms with Crippen molar-refractivity contribution in [1.29, 1.82) is 0 Å². The Morgan fingerprint density at radius 2 is 0.973 bits per heavy atom. The van der Waals surface area contributed by atoms with Gasteiger partial charge >= 0.3 is 11.9 Å². The number of carbonyl (C=O) groups is 6. The van der Waals surface area contributed by atoms with Crippen molar-refractivity contribution in [1.82, 2.24) is 9.80 Å². The van der Waals surface area contributed by atoms with Gasteiger partial charge in [-0.3, -0.25) is 38.6 Å². The third-order valence-electron chi connectivity index (χ3n) is 6.32. The Labute approximate surface area is 218 Å². The van der Waals surface area contributed by atoms with Crippen LogP contribution in [0.4, 0.5) is 0 Å². The quantitative estimate of drug-likeness (QED) is 0.145. The summed E-state index contributed by atoms with van der Waals surface area (Å²) < 4.78 is 10.5. The second-order valence-electron chi connectivity index (χ2n) is 9.42. The number of nitrogens with zero attached hydrogens (tertiary/aromatic N) is 2. The molecule has 204 valence electrons. The molecule has 0 saturated heterocycles. The summed E-state index contributed by atoms with van der Waals surface area (Å²) in [6, 6.07) is 0. The maximum absolute atomic E-state index is 11.9. The Morgan fingerprint density at radius 1 is 0.622 bits per heavy atom. The molecule has 37 heavy (non-hydrogen) atoms. The zero-order chi connectivity index (χ0) is 27.0. The summed E-state index contributed by atoms with van der Waals surface area (Å²) in [5.41, 5.74) is 0. The number of esters is 2. The van der Waals surface area contributed by atoms with E-state index in [1.54, 1.807) is 0 Å². The lowest BCUT2D eigenvalue weighted by Crippen LogP contribution is -2.30. The standard InChI is InChI=1S/C27H38N2O8/c1-21(16-20-37-27(35)10-6-4-8-18-29-24(32)13-14-25(29)33)15-19-36-26(34)9-5-2-3-7-17-28-22(30)11-12-23(28)31/h11-14,21H,2-10,15-20H2,1H3. The highest BCUT2D eigenvalue weighted by molar-refractivity contribution is 6.13. The lowest BCUT2D eigenvalue weighted by atomic mass is 10.1. The maximum Gasteiger partial charge on any atom is 0.305 e. The molecule has 0 radical (unpaired) electrons. The first kappa shape index (κ1) is 29.9. The van der Waals surface area contributed by atoms with Gasteiger partial charge in [0.15, 0.2) is 0 Å². The number of amides is 4. The van der Waals surface area contributed by atoms with Crippen LogP contribution in [0.1, 0.15) is 77.6 Å². The lowest BCUT2D eigenvalue weighted by Gasteiger charge is -2.13. The fourth-order valence-electron chi connectivity index (χ4n) is 3.95. The van der Waals surface area contributed by atoms with Crippen LogP contribution in [0.25, 0.3) is 0 Å². The van der Waals surface area contributed by atoms with E-state index >= 15 is 0 Å². The summed E-state index contributed by atoms with van der Waals surface area (Å²) in [7, 11) is 0. The van der Waals surface area contributed by atoms with Gasteiger partial charge in [-0.2, -0.15) is 0 Å². The van der Waals surface area contributed by atoms with Crippen LogP contribution < -0.4 is 0 Å². The van der Waals surface area contributed by atoms with Crippen LogP contribution >= 0.6 is 0 Å². The number of rotatable bonds is 19. The molecule has 4 amide bonds. The van der Waals surface area contributed by atoms with Crippen LogP contribution in [0.5, 0.6) is 0 Å². The van der Waals surface area contributed by atoms with Crippen LogP contribution in [-0.2, 0) is 38.2 Å². The van der Waals surface area contributed by atoms with Crippen LogP contribution in [-0.4, -0.2) is 71.7 Å². The first-order valence-corrected chi connectivity index (χ1v) is 13.2. The molecular weight excluding hydrogens is 480 g/mol. The van der Waals surface area contributed by atoms with Crippen molar-refractivity contribution < 1.29 is 38.2 Å². The van der Waals surface area contributed by atoms with E-state index in [1.807, 2.05) is 6.92 Å². The summed E-state index contributed by atoms with van der Waals surface area (Å²) in [5, 5.41) is 0. The molecule has 2 aliphatic heterocycles. The van der Waals surface area contributed by atoms with Gasteiger partial charge in [-0.15, -0.1) is 0 Å². The van der Waals surface area contributed by atoms with E-state index in [-0.39, 0.29) is 41.5 Å². The Kier molecular flexibility index (Phi) is 13.3. The second-order valence-corrected chi connectivity index (χ2v) is 9.42. The Hall–Kier alpha value is -3.30. The van der Waals surface area contributed by atoms with Crippen molar-refractivity contribution >= 4 is 35.6 Å². The molecule has 2 rings (SSSR count). The van der Waals surface area contributed by atoms with Crippen molar-refractivity contribution in [2.75, 3.05) is 26.3 Å². The third kappa shape index (κ3) is 11.5. The molecule has 2 aliphatic rings. The van der Waals surface area contributed by atoms with Crippen molar-refractivity contribution in [3.05, 3.63) is 24.3 Å². The molecule has 2 heterocycles. The summed E-state index contributed by atoms with van der Waals surface area (Å²) in [5.74, 6) is -1.35. The van der Waals surface area contributed by atoms with Crippen molar-refractivity contribution in [2.45, 2.75) is 77.6 Å². The summed E-state index contributed by atoms with van der Waals surface area (Å²) in [6.07, 6.45) is 12.2. The molecule has 0 bridgehead atoms. The highest BCUT2D eigenvalue weighted by Gasteiger charge is 2.23. The highest BCUT2D eigenvalue weighted by atomic mass is 16.5. The van der Waals surface area contributed by atoms with Gasteiger partial charge in [0.25, 0.3) is 23.6 Å². The third-order valence-corrected chi connectivity index (χ3v) is 6.32. The zero-order valence-corrected chi connectivity index (χ0v) is 21.7. The van der Waals surface area contributed by atoms with Gasteiger partial charge in [0, 0.05) is 50.2 Å². The first-order valence-electron chi connectivity index (χ1n) is 13.2. The van der Waals surface area contributed by atoms with Gasteiger partial charge in [-0.05, 0) is 44.4 Å². The number of unbranched alkanes of at least 4 members (excludes halogenated alkanes) is 5. The topological polar surface area (TPSA) is 127 Å². The van der Waals surface area contributed by atoms with Crippen molar-refractivity contribution in [3.8, 4) is 0 Å². The maximum atomic E-state index is 11.9. The van der Waals surface area contributed by atoms with Gasteiger partial charge in [0.1, 0.15) is 0 Å². The van der Waals surface area contributed by atoms with Crippen molar-refractivity contribution in [2.24, 2.45) is 5.92 Å². The average Bonchev–Trinajstić information content (AvgIpc) is 3.35. The highest BCUT2D eigenvalue weighted by Crippen LogP contribution is 2.12. The Balaban J connectivity index is 1.37. The zero-order valence-electron chi connectivity index (χ0n) is 21.7. The predicted molar refractivity (Wildman–Crippen MR) is 134 cm³/mol. The van der Waals surface area contributed by atoms with Gasteiger partial charge in [-0.1, -0.05) is 26.2 Å². The van der Waals surface area contributed by atoms with Crippen LogP contribution in [0.15, 0.2) is 24.3 Å². The molecule has 0 saturated carbocycles. The normalized spacial score (nSPS) is 15.7. The SMILES string of the molecule is CC(CCOC(=O)CCCCCCN1C(=O)C=CC1=O)CCOC(=O)CCCCCN1C(=O)C=CC1=O. The van der Waals surface area contributed by atoms with Crippen LogP contribution in [0.2, 0.25) is 0 Å². The molecule has 0 aromatic heterocycles. The summed E-state index contributed by atoms with van der Waals surface area (Å²) >= 11 is 0. The molecule has 0 N–H and O–H groups in total. The molecule has 0 aliphatic carbocycles. The van der Waals surface area contributed by atoms with E-state index in [0.717, 1.165) is 25.7 Å². The van der Waals surface area contributed by atoms with E-state index in [4.69, 9.17) is 9.47 Å². The Bertz CT molecular complexity index is 859. The van der Waals surface area contributed by atoms with Gasteiger partial charge in [0.2, 0.25) is 0 Å². The smallest absolute Gasteiger partial charge is 0.305 e. The number of carbonyl (C=O) groups excluding carboxylic acids is 6. The fourth-order valence-corrected chi connectivity index (χ4v) is 3.95.